The van der Waals surface area contributed by atoms with Gasteiger partial charge in [-0.3, -0.25) is 4.79 Å². The van der Waals surface area contributed by atoms with Gasteiger partial charge in [-0.15, -0.1) is 11.3 Å². The minimum atomic E-state index is -0.0542. The summed E-state index contributed by atoms with van der Waals surface area (Å²) in [6, 6.07) is 4.01. The van der Waals surface area contributed by atoms with Crippen molar-refractivity contribution in [2.45, 2.75) is 25.7 Å². The lowest BCUT2D eigenvalue weighted by Crippen LogP contribution is -2.05. The van der Waals surface area contributed by atoms with Crippen LogP contribution in [0.4, 0.5) is 0 Å². The van der Waals surface area contributed by atoms with E-state index in [2.05, 4.69) is 13.0 Å². The van der Waals surface area contributed by atoms with Gasteiger partial charge in [0, 0.05) is 4.88 Å². The number of ether oxygens (including phenoxy) is 1. The molecule has 1 aliphatic carbocycles. The molecule has 0 aromatic carbocycles. The van der Waals surface area contributed by atoms with E-state index in [9.17, 15) is 4.79 Å². The average Bonchev–Trinajstić information content (AvgIpc) is 2.89. The Hall–Kier alpha value is -0.540. The molecule has 0 N–H and O–H groups in total. The Morgan fingerprint density at radius 1 is 1.69 bits per heavy atom. The third-order valence-electron chi connectivity index (χ3n) is 3.16. The molecule has 3 unspecified atom stereocenters. The fraction of sp³-hybridized carbons (Fsp3) is 0.583. The van der Waals surface area contributed by atoms with Gasteiger partial charge in [0.25, 0.3) is 0 Å². The molecule has 1 fully saturated rings. The molecule has 88 valence electrons. The van der Waals surface area contributed by atoms with E-state index in [0.717, 1.165) is 17.2 Å². The van der Waals surface area contributed by atoms with E-state index >= 15 is 0 Å². The molecule has 1 aromatic heterocycles. The monoisotopic (exact) mass is 258 g/mol. The predicted octanol–water partition coefficient (Wildman–Crippen LogP) is 3.70. The predicted molar refractivity (Wildman–Crippen MR) is 66.0 cm³/mol. The first-order valence-electron chi connectivity index (χ1n) is 5.45. The Labute approximate surface area is 105 Å². The van der Waals surface area contributed by atoms with E-state index in [1.165, 1.54) is 12.0 Å². The van der Waals surface area contributed by atoms with Crippen molar-refractivity contribution >= 4 is 28.9 Å². The molecule has 16 heavy (non-hydrogen) atoms. The molecule has 4 heteroatoms. The zero-order chi connectivity index (χ0) is 11.7. The topological polar surface area (TPSA) is 26.3 Å². The second-order valence-corrected chi connectivity index (χ2v) is 6.15. The Morgan fingerprint density at radius 3 is 3.00 bits per heavy atom. The molecule has 3 atom stereocenters. The maximum atomic E-state index is 11.3. The number of thiophene rings is 1. The van der Waals surface area contributed by atoms with Gasteiger partial charge in [-0.1, -0.05) is 18.5 Å². The summed E-state index contributed by atoms with van der Waals surface area (Å²) in [6.07, 6.45) is 2.03. The number of hydrogen-bond acceptors (Lipinski definition) is 3. The van der Waals surface area contributed by atoms with Crippen molar-refractivity contribution in [3.05, 3.63) is 21.3 Å². The third-order valence-corrected chi connectivity index (χ3v) is 4.63. The van der Waals surface area contributed by atoms with Crippen LogP contribution in [0.15, 0.2) is 12.1 Å². The number of carbonyl (C=O) groups is 1. The zero-order valence-corrected chi connectivity index (χ0v) is 11.0. The van der Waals surface area contributed by atoms with Gasteiger partial charge in [0.1, 0.15) is 0 Å². The van der Waals surface area contributed by atoms with Crippen molar-refractivity contribution in [3.8, 4) is 0 Å². The van der Waals surface area contributed by atoms with Crippen LogP contribution in [0.2, 0.25) is 4.34 Å². The van der Waals surface area contributed by atoms with Gasteiger partial charge >= 0.3 is 5.97 Å². The molecule has 0 aliphatic heterocycles. The van der Waals surface area contributed by atoms with Crippen LogP contribution < -0.4 is 0 Å². The highest BCUT2D eigenvalue weighted by molar-refractivity contribution is 7.16. The van der Waals surface area contributed by atoms with Crippen LogP contribution in [0.5, 0.6) is 0 Å². The van der Waals surface area contributed by atoms with E-state index in [0.29, 0.717) is 11.8 Å². The van der Waals surface area contributed by atoms with Gasteiger partial charge in [-0.05, 0) is 36.8 Å². The maximum Gasteiger partial charge on any atom is 0.308 e. The SMILES string of the molecule is COC(=O)C1CC1CC(C)c1ccc(Cl)s1. The molecule has 1 saturated carbocycles. The van der Waals surface area contributed by atoms with Crippen molar-refractivity contribution in [3.63, 3.8) is 0 Å². The quantitative estimate of drug-likeness (QED) is 0.770. The standard InChI is InChI=1S/C12H15ClO2S/c1-7(10-3-4-11(13)16-10)5-8-6-9(8)12(14)15-2/h3-4,7-9H,5-6H2,1-2H3. The molecule has 2 rings (SSSR count). The summed E-state index contributed by atoms with van der Waals surface area (Å²) in [6.45, 7) is 2.19. The summed E-state index contributed by atoms with van der Waals surface area (Å²) < 4.78 is 5.57. The van der Waals surface area contributed by atoms with Crippen molar-refractivity contribution in [1.29, 1.82) is 0 Å². The average molecular weight is 259 g/mol. The Kier molecular flexibility index (Phi) is 3.55. The molecule has 0 radical (unpaired) electrons. The van der Waals surface area contributed by atoms with Gasteiger partial charge in [0.15, 0.2) is 0 Å². The first kappa shape index (κ1) is 11.9. The smallest absolute Gasteiger partial charge is 0.308 e. The van der Waals surface area contributed by atoms with Gasteiger partial charge in [-0.2, -0.15) is 0 Å². The number of halogens is 1. The number of methoxy groups -OCH3 is 1. The largest absolute Gasteiger partial charge is 0.469 e. The van der Waals surface area contributed by atoms with Crippen molar-refractivity contribution in [2.75, 3.05) is 7.11 Å². The van der Waals surface area contributed by atoms with Crippen LogP contribution in [0.1, 0.15) is 30.6 Å². The summed E-state index contributed by atoms with van der Waals surface area (Å²) in [4.78, 5) is 12.6. The number of esters is 1. The third kappa shape index (κ3) is 2.58. The Balaban J connectivity index is 1.86. The first-order valence-corrected chi connectivity index (χ1v) is 6.64. The van der Waals surface area contributed by atoms with E-state index in [-0.39, 0.29) is 11.9 Å². The highest BCUT2D eigenvalue weighted by Gasteiger charge is 2.44. The first-order chi connectivity index (χ1) is 7.61. The van der Waals surface area contributed by atoms with Crippen molar-refractivity contribution < 1.29 is 9.53 Å². The number of rotatable bonds is 4. The lowest BCUT2D eigenvalue weighted by Gasteiger charge is -2.07. The molecule has 1 heterocycles. The molecular weight excluding hydrogens is 244 g/mol. The molecule has 0 spiro atoms. The Bertz CT molecular complexity index is 388. The summed E-state index contributed by atoms with van der Waals surface area (Å²) in [7, 11) is 1.46. The van der Waals surface area contributed by atoms with Gasteiger partial charge in [0.05, 0.1) is 17.4 Å². The fourth-order valence-electron chi connectivity index (χ4n) is 2.11. The van der Waals surface area contributed by atoms with E-state index in [4.69, 9.17) is 16.3 Å². The van der Waals surface area contributed by atoms with E-state index in [1.54, 1.807) is 11.3 Å². The minimum absolute atomic E-state index is 0.0542. The van der Waals surface area contributed by atoms with Crippen LogP contribution in [-0.4, -0.2) is 13.1 Å². The number of carbonyl (C=O) groups excluding carboxylic acids is 1. The van der Waals surface area contributed by atoms with Crippen LogP contribution in [0.25, 0.3) is 0 Å². The maximum absolute atomic E-state index is 11.3. The van der Waals surface area contributed by atoms with Gasteiger partial charge in [0.2, 0.25) is 0 Å². The molecule has 1 aromatic rings. The molecule has 1 aliphatic rings. The molecule has 2 nitrogen and oxygen atoms in total. The Morgan fingerprint density at radius 2 is 2.44 bits per heavy atom. The highest BCUT2D eigenvalue weighted by atomic mass is 35.5. The van der Waals surface area contributed by atoms with Crippen LogP contribution in [0, 0.1) is 11.8 Å². The normalized spacial score (nSPS) is 25.2. The van der Waals surface area contributed by atoms with Crippen LogP contribution in [-0.2, 0) is 9.53 Å². The summed E-state index contributed by atoms with van der Waals surface area (Å²) in [5, 5.41) is 0. The minimum Gasteiger partial charge on any atom is -0.469 e. The fourth-order valence-corrected chi connectivity index (χ4v) is 3.24. The van der Waals surface area contributed by atoms with E-state index in [1.807, 2.05) is 6.07 Å². The van der Waals surface area contributed by atoms with Crippen LogP contribution in [0.3, 0.4) is 0 Å². The van der Waals surface area contributed by atoms with Crippen LogP contribution >= 0.6 is 22.9 Å². The summed E-state index contributed by atoms with van der Waals surface area (Å²) in [5.41, 5.74) is 0. The molecule has 0 saturated heterocycles. The van der Waals surface area contributed by atoms with Gasteiger partial charge < -0.3 is 4.74 Å². The summed E-state index contributed by atoms with van der Waals surface area (Å²) in [5.74, 6) is 1.07. The molecular formula is C12H15ClO2S. The second-order valence-electron chi connectivity index (χ2n) is 4.40. The lowest BCUT2D eigenvalue weighted by atomic mass is 10.0. The number of hydrogen-bond donors (Lipinski definition) is 0. The van der Waals surface area contributed by atoms with Gasteiger partial charge in [-0.25, -0.2) is 0 Å². The zero-order valence-electron chi connectivity index (χ0n) is 9.40. The highest BCUT2D eigenvalue weighted by Crippen LogP contribution is 2.46. The van der Waals surface area contributed by atoms with Crippen molar-refractivity contribution in [2.24, 2.45) is 11.8 Å². The van der Waals surface area contributed by atoms with Crippen molar-refractivity contribution in [1.82, 2.24) is 0 Å². The summed E-state index contributed by atoms with van der Waals surface area (Å²) >= 11 is 7.53. The molecule has 0 bridgehead atoms. The van der Waals surface area contributed by atoms with E-state index < -0.39 is 0 Å². The lowest BCUT2D eigenvalue weighted by molar-refractivity contribution is -0.142. The second kappa shape index (κ2) is 4.76. The molecule has 0 amide bonds.